The van der Waals surface area contributed by atoms with Gasteiger partial charge >= 0.3 is 0 Å². The van der Waals surface area contributed by atoms with Gasteiger partial charge < -0.3 is 14.6 Å². The van der Waals surface area contributed by atoms with Gasteiger partial charge in [-0.25, -0.2) is 4.99 Å². The number of hydrogen-bond acceptors (Lipinski definition) is 4. The molecule has 0 aliphatic carbocycles. The highest BCUT2D eigenvalue weighted by molar-refractivity contribution is 7.07. The van der Waals surface area contributed by atoms with Gasteiger partial charge in [-0.05, 0) is 41.5 Å². The van der Waals surface area contributed by atoms with Crippen LogP contribution in [0.25, 0.3) is 24.5 Å². The molecule has 0 aliphatic rings. The van der Waals surface area contributed by atoms with Crippen molar-refractivity contribution in [2.45, 2.75) is 6.54 Å². The first kappa shape index (κ1) is 24.0. The highest BCUT2D eigenvalue weighted by atomic mass is 32.1. The fraction of sp³-hybridized carbons (Fsp3) is 0.100. The van der Waals surface area contributed by atoms with E-state index in [0.29, 0.717) is 12.1 Å². The van der Waals surface area contributed by atoms with Crippen LogP contribution in [0.3, 0.4) is 0 Å². The molecular weight excluding hydrogens is 450 g/mol. The number of aliphatic hydroxyl groups excluding tert-OH is 1. The fourth-order valence-electron chi connectivity index (χ4n) is 3.57. The summed E-state index contributed by atoms with van der Waals surface area (Å²) in [4.78, 5) is 7.86. The molecule has 0 atom stereocenters. The number of para-hydroxylation sites is 1. The molecule has 0 amide bonds. The highest BCUT2D eigenvalue weighted by Crippen LogP contribution is 2.14. The summed E-state index contributed by atoms with van der Waals surface area (Å²) in [6.07, 6.45) is 6.24. The number of allylic oxidation sites excluding steroid dienone is 1. The number of nitrogens with zero attached hydrogens (tertiary/aromatic N) is 3. The summed E-state index contributed by atoms with van der Waals surface area (Å²) in [5, 5.41) is 10.5. The lowest BCUT2D eigenvalue weighted by atomic mass is 10.1. The second-order valence-electron chi connectivity index (χ2n) is 8.38. The quantitative estimate of drug-likeness (QED) is 0.364. The summed E-state index contributed by atoms with van der Waals surface area (Å²) in [5.74, 6) is 0.0670. The zero-order valence-corrected chi connectivity index (χ0v) is 20.9. The minimum atomic E-state index is 0.0670. The van der Waals surface area contributed by atoms with Crippen LogP contribution in [-0.2, 0) is 6.54 Å². The van der Waals surface area contributed by atoms with Crippen molar-refractivity contribution in [3.05, 3.63) is 123 Å². The molecular formula is C30H29N3OS. The topological polar surface area (TPSA) is 40.8 Å². The number of anilines is 1. The van der Waals surface area contributed by atoms with Gasteiger partial charge in [0.25, 0.3) is 0 Å². The number of aromatic nitrogens is 1. The number of hydrogen-bond donors (Lipinski definition) is 1. The maximum Gasteiger partial charge on any atom is 0.191 e. The van der Waals surface area contributed by atoms with Crippen LogP contribution in [0.2, 0.25) is 0 Å². The Morgan fingerprint density at radius 1 is 1.00 bits per heavy atom. The number of aliphatic hydroxyl groups is 1. The van der Waals surface area contributed by atoms with Gasteiger partial charge in [0.1, 0.15) is 5.76 Å². The second-order valence-corrected chi connectivity index (χ2v) is 9.39. The standard InChI is InChI=1S/C30H29N3OS/c1-22-29(12-8-9-24-15-19-28(20-16-24)32(3)4)35-30(31-27-10-6-5-7-11-27)33(22)21-25-13-17-26(18-14-25)23(2)34/h5-20,34H,1-2,21H2,3-4H3/b9-8+,29-12-,31-30?. The van der Waals surface area contributed by atoms with Crippen LogP contribution in [0.1, 0.15) is 16.7 Å². The molecule has 1 heterocycles. The van der Waals surface area contributed by atoms with E-state index < -0.39 is 0 Å². The van der Waals surface area contributed by atoms with E-state index in [1.165, 1.54) is 5.69 Å². The lowest BCUT2D eigenvalue weighted by molar-refractivity contribution is 0.514. The number of thiazole rings is 1. The van der Waals surface area contributed by atoms with Gasteiger partial charge in [-0.3, -0.25) is 0 Å². The maximum absolute atomic E-state index is 9.63. The third kappa shape index (κ3) is 6.08. The summed E-state index contributed by atoms with van der Waals surface area (Å²) in [7, 11) is 4.08. The molecule has 0 unspecified atom stereocenters. The molecule has 0 bridgehead atoms. The maximum atomic E-state index is 9.63. The van der Waals surface area contributed by atoms with E-state index in [-0.39, 0.29) is 5.76 Å². The van der Waals surface area contributed by atoms with Crippen molar-refractivity contribution in [3.63, 3.8) is 0 Å². The Morgan fingerprint density at radius 3 is 2.31 bits per heavy atom. The Kier molecular flexibility index (Phi) is 7.48. The van der Waals surface area contributed by atoms with E-state index in [1.807, 2.05) is 68.7 Å². The highest BCUT2D eigenvalue weighted by Gasteiger charge is 2.04. The minimum absolute atomic E-state index is 0.0670. The van der Waals surface area contributed by atoms with Crippen molar-refractivity contribution in [2.24, 2.45) is 4.99 Å². The monoisotopic (exact) mass is 479 g/mol. The van der Waals surface area contributed by atoms with E-state index in [9.17, 15) is 5.11 Å². The largest absolute Gasteiger partial charge is 0.508 e. The Hall–Kier alpha value is -4.09. The molecule has 1 aromatic heterocycles. The van der Waals surface area contributed by atoms with Gasteiger partial charge in [0.2, 0.25) is 0 Å². The third-order valence-corrected chi connectivity index (χ3v) is 6.68. The van der Waals surface area contributed by atoms with Gasteiger partial charge in [0.15, 0.2) is 4.80 Å². The van der Waals surface area contributed by atoms with Crippen molar-refractivity contribution in [2.75, 3.05) is 19.0 Å². The van der Waals surface area contributed by atoms with Crippen LogP contribution in [0.5, 0.6) is 0 Å². The van der Waals surface area contributed by atoms with E-state index in [4.69, 9.17) is 4.99 Å². The molecule has 3 aromatic carbocycles. The van der Waals surface area contributed by atoms with Crippen LogP contribution >= 0.6 is 11.3 Å². The summed E-state index contributed by atoms with van der Waals surface area (Å²) < 4.78 is 3.19. The molecule has 0 radical (unpaired) electrons. The van der Waals surface area contributed by atoms with Crippen LogP contribution in [0.4, 0.5) is 11.4 Å². The van der Waals surface area contributed by atoms with Gasteiger partial charge in [0, 0.05) is 25.3 Å². The molecule has 5 heteroatoms. The average Bonchev–Trinajstić information content (AvgIpc) is 3.14. The predicted octanol–water partition coefficient (Wildman–Crippen LogP) is 5.33. The van der Waals surface area contributed by atoms with Crippen LogP contribution in [0, 0.1) is 0 Å². The van der Waals surface area contributed by atoms with Crippen LogP contribution in [-0.4, -0.2) is 23.8 Å². The third-order valence-electron chi connectivity index (χ3n) is 5.60. The zero-order valence-electron chi connectivity index (χ0n) is 20.1. The van der Waals surface area contributed by atoms with Crippen molar-refractivity contribution in [1.82, 2.24) is 4.57 Å². The van der Waals surface area contributed by atoms with Crippen molar-refractivity contribution < 1.29 is 5.11 Å². The second kappa shape index (κ2) is 10.9. The summed E-state index contributed by atoms with van der Waals surface area (Å²) in [6, 6.07) is 26.1. The van der Waals surface area contributed by atoms with E-state index in [0.717, 1.165) is 31.5 Å². The molecule has 0 saturated heterocycles. The van der Waals surface area contributed by atoms with E-state index >= 15 is 0 Å². The van der Waals surface area contributed by atoms with Gasteiger partial charge in [-0.15, -0.1) is 0 Å². The normalized spacial score (nSPS) is 12.4. The summed E-state index contributed by atoms with van der Waals surface area (Å²) in [6.45, 7) is 8.59. The van der Waals surface area contributed by atoms with Crippen molar-refractivity contribution >= 4 is 47.2 Å². The van der Waals surface area contributed by atoms with Crippen LogP contribution in [0.15, 0.2) is 96.5 Å². The van der Waals surface area contributed by atoms with Crippen molar-refractivity contribution in [1.29, 1.82) is 0 Å². The molecule has 4 rings (SSSR count). The lowest BCUT2D eigenvalue weighted by Crippen LogP contribution is -2.31. The SMILES string of the molecule is C=C(O)c1ccc(Cn2c(=Nc3ccccc3)s/c(=C\C=C\c3ccc(N(C)C)cc3)c2=C)cc1. The predicted molar refractivity (Wildman–Crippen MR) is 150 cm³/mol. The molecule has 0 aliphatic heterocycles. The fourth-order valence-corrected chi connectivity index (χ4v) is 4.57. The molecule has 4 aromatic rings. The molecule has 1 N–H and O–H groups in total. The smallest absolute Gasteiger partial charge is 0.191 e. The zero-order chi connectivity index (χ0) is 24.8. The Labute approximate surface area is 210 Å². The molecule has 0 spiro atoms. The molecule has 176 valence electrons. The Morgan fingerprint density at radius 2 is 1.69 bits per heavy atom. The minimum Gasteiger partial charge on any atom is -0.508 e. The number of rotatable bonds is 7. The first-order chi connectivity index (χ1) is 16.9. The Balaban J connectivity index is 1.71. The van der Waals surface area contributed by atoms with Crippen molar-refractivity contribution in [3.8, 4) is 0 Å². The van der Waals surface area contributed by atoms with Gasteiger partial charge in [-0.2, -0.15) is 0 Å². The molecule has 4 nitrogen and oxygen atoms in total. The first-order valence-corrected chi connectivity index (χ1v) is 12.1. The van der Waals surface area contributed by atoms with Gasteiger partial charge in [0.05, 0.1) is 22.1 Å². The Bertz CT molecular complexity index is 1510. The summed E-state index contributed by atoms with van der Waals surface area (Å²) in [5.41, 5.74) is 5.02. The van der Waals surface area contributed by atoms with Crippen LogP contribution < -0.4 is 19.6 Å². The van der Waals surface area contributed by atoms with E-state index in [2.05, 4.69) is 65.1 Å². The molecule has 0 fully saturated rings. The van der Waals surface area contributed by atoms with E-state index in [1.54, 1.807) is 11.3 Å². The average molecular weight is 480 g/mol. The first-order valence-electron chi connectivity index (χ1n) is 11.3. The van der Waals surface area contributed by atoms with Gasteiger partial charge in [-0.1, -0.05) is 91.2 Å². The molecule has 0 saturated carbocycles. The lowest BCUT2D eigenvalue weighted by Gasteiger charge is -2.11. The molecule has 35 heavy (non-hydrogen) atoms. The summed E-state index contributed by atoms with van der Waals surface area (Å²) >= 11 is 1.62. The number of benzene rings is 3.